The van der Waals surface area contributed by atoms with Crippen molar-refractivity contribution in [2.24, 2.45) is 5.92 Å². The Morgan fingerprint density at radius 2 is 1.53 bits per heavy atom. The van der Waals surface area contributed by atoms with Crippen molar-refractivity contribution in [3.05, 3.63) is 65.0 Å². The first-order valence-corrected chi connectivity index (χ1v) is 11.8. The summed E-state index contributed by atoms with van der Waals surface area (Å²) in [7, 11) is -4.31. The van der Waals surface area contributed by atoms with Gasteiger partial charge in [-0.05, 0) is 60.7 Å². The highest BCUT2D eigenvalue weighted by molar-refractivity contribution is 7.92. The van der Waals surface area contributed by atoms with Crippen molar-refractivity contribution < 1.29 is 43.5 Å². The van der Waals surface area contributed by atoms with Crippen molar-refractivity contribution in [1.29, 1.82) is 0 Å². The van der Waals surface area contributed by atoms with Crippen LogP contribution in [0.25, 0.3) is 0 Å². The summed E-state index contributed by atoms with van der Waals surface area (Å²) in [6.07, 6.45) is -12.5. The lowest BCUT2D eigenvalue weighted by Crippen LogP contribution is -2.53. The van der Waals surface area contributed by atoms with Crippen molar-refractivity contribution >= 4 is 9.84 Å². The second kappa shape index (κ2) is 7.64. The van der Waals surface area contributed by atoms with E-state index in [9.17, 15) is 43.5 Å². The van der Waals surface area contributed by atoms with Crippen LogP contribution in [0.4, 0.5) is 35.1 Å². The van der Waals surface area contributed by atoms with Gasteiger partial charge in [0.25, 0.3) is 0 Å². The standard InChI is InChI=1S/C22H19F8NO2S/c1-12-11-31-18-9-2-13-10-14(20(24,21(25,26)27)22(28,29)30)3-8-17(13)19(12,18)34(32,33)16-6-4-15(23)5-7-16/h3-8,10,12,18,31H,2,9,11H2,1H3. The van der Waals surface area contributed by atoms with Gasteiger partial charge in [0.2, 0.25) is 0 Å². The molecule has 1 heterocycles. The van der Waals surface area contributed by atoms with Crippen molar-refractivity contribution in [1.82, 2.24) is 5.32 Å². The number of rotatable bonds is 3. The van der Waals surface area contributed by atoms with Gasteiger partial charge in [-0.1, -0.05) is 25.1 Å². The normalized spacial score (nSPS) is 25.7. The zero-order chi connectivity index (χ0) is 25.3. The number of alkyl halides is 7. The second-order valence-corrected chi connectivity index (χ2v) is 10.8. The van der Waals surface area contributed by atoms with Crippen molar-refractivity contribution in [3.63, 3.8) is 0 Å². The molecule has 0 amide bonds. The van der Waals surface area contributed by atoms with Crippen LogP contribution in [-0.4, -0.2) is 33.4 Å². The largest absolute Gasteiger partial charge is 0.435 e. The summed E-state index contributed by atoms with van der Waals surface area (Å²) >= 11 is 0. The minimum atomic E-state index is -6.28. The summed E-state index contributed by atoms with van der Waals surface area (Å²) in [5, 5.41) is 3.08. The Labute approximate surface area is 190 Å². The van der Waals surface area contributed by atoms with Gasteiger partial charge in [-0.15, -0.1) is 0 Å². The van der Waals surface area contributed by atoms with Gasteiger partial charge in [0.1, 0.15) is 10.6 Å². The van der Waals surface area contributed by atoms with E-state index in [0.29, 0.717) is 12.1 Å². The lowest BCUT2D eigenvalue weighted by atomic mass is 9.74. The first-order chi connectivity index (χ1) is 15.6. The van der Waals surface area contributed by atoms with Crippen molar-refractivity contribution in [2.75, 3.05) is 6.54 Å². The first-order valence-electron chi connectivity index (χ1n) is 10.3. The van der Waals surface area contributed by atoms with E-state index in [-0.39, 0.29) is 35.4 Å². The molecule has 0 bridgehead atoms. The van der Waals surface area contributed by atoms with E-state index in [1.54, 1.807) is 6.92 Å². The highest BCUT2D eigenvalue weighted by Crippen LogP contribution is 2.56. The van der Waals surface area contributed by atoms with Gasteiger partial charge < -0.3 is 5.32 Å². The lowest BCUT2D eigenvalue weighted by Gasteiger charge is -2.43. The molecule has 1 saturated heterocycles. The van der Waals surface area contributed by atoms with E-state index < -0.39 is 55.9 Å². The minimum Gasteiger partial charge on any atom is -0.312 e. The number of nitrogens with one attached hydrogen (secondary N) is 1. The van der Waals surface area contributed by atoms with Crippen LogP contribution < -0.4 is 5.32 Å². The third kappa shape index (κ3) is 3.20. The highest BCUT2D eigenvalue weighted by Gasteiger charge is 2.73. The van der Waals surface area contributed by atoms with Crippen LogP contribution in [0.2, 0.25) is 0 Å². The summed E-state index contributed by atoms with van der Waals surface area (Å²) < 4.78 is 134. The Morgan fingerprint density at radius 3 is 2.09 bits per heavy atom. The second-order valence-electron chi connectivity index (χ2n) is 8.68. The number of aryl methyl sites for hydroxylation is 1. The number of halogens is 8. The number of hydrogen-bond acceptors (Lipinski definition) is 3. The molecule has 0 saturated carbocycles. The molecule has 186 valence electrons. The number of benzene rings is 2. The third-order valence-corrected chi connectivity index (χ3v) is 9.59. The molecule has 1 fully saturated rings. The highest BCUT2D eigenvalue weighted by atomic mass is 32.2. The predicted molar refractivity (Wildman–Crippen MR) is 106 cm³/mol. The lowest BCUT2D eigenvalue weighted by molar-refractivity contribution is -0.348. The van der Waals surface area contributed by atoms with E-state index in [1.807, 2.05) is 0 Å². The summed E-state index contributed by atoms with van der Waals surface area (Å²) in [4.78, 5) is -0.239. The molecule has 34 heavy (non-hydrogen) atoms. The molecular formula is C22H19F8NO2S. The molecule has 1 aliphatic carbocycles. The van der Waals surface area contributed by atoms with E-state index in [2.05, 4.69) is 5.32 Å². The quantitative estimate of drug-likeness (QED) is 0.446. The average molecular weight is 513 g/mol. The van der Waals surface area contributed by atoms with Crippen LogP contribution >= 0.6 is 0 Å². The molecule has 4 rings (SSSR count). The summed E-state index contributed by atoms with van der Waals surface area (Å²) in [5.41, 5.74) is -7.36. The van der Waals surface area contributed by atoms with Gasteiger partial charge in [0, 0.05) is 11.6 Å². The minimum absolute atomic E-state index is 0.0148. The van der Waals surface area contributed by atoms with E-state index >= 15 is 0 Å². The number of fused-ring (bicyclic) bond motifs is 3. The van der Waals surface area contributed by atoms with Crippen LogP contribution in [0.15, 0.2) is 47.4 Å². The molecule has 1 N–H and O–H groups in total. The van der Waals surface area contributed by atoms with Crippen LogP contribution in [0.5, 0.6) is 0 Å². The van der Waals surface area contributed by atoms with E-state index in [1.165, 1.54) is 0 Å². The van der Waals surface area contributed by atoms with Gasteiger partial charge in [0.05, 0.1) is 4.90 Å². The molecule has 2 aromatic rings. The molecule has 0 radical (unpaired) electrons. The number of hydrogen-bond donors (Lipinski definition) is 1. The van der Waals surface area contributed by atoms with Crippen molar-refractivity contribution in [3.8, 4) is 0 Å². The Morgan fingerprint density at radius 1 is 0.941 bits per heavy atom. The van der Waals surface area contributed by atoms with Crippen LogP contribution in [0.3, 0.4) is 0 Å². The van der Waals surface area contributed by atoms with Gasteiger partial charge in [0.15, 0.2) is 9.84 Å². The zero-order valence-electron chi connectivity index (χ0n) is 17.6. The maximum Gasteiger partial charge on any atom is 0.435 e. The zero-order valence-corrected chi connectivity index (χ0v) is 18.4. The molecule has 3 unspecified atom stereocenters. The number of sulfone groups is 1. The Hall–Kier alpha value is -2.21. The molecule has 12 heteroatoms. The molecule has 3 atom stereocenters. The molecular weight excluding hydrogens is 494 g/mol. The van der Waals surface area contributed by atoms with Gasteiger partial charge >= 0.3 is 18.0 Å². The van der Waals surface area contributed by atoms with E-state index in [0.717, 1.165) is 30.3 Å². The molecule has 0 spiro atoms. The fourth-order valence-electron chi connectivity index (χ4n) is 5.32. The Bertz CT molecular complexity index is 1190. The molecule has 2 aromatic carbocycles. The predicted octanol–water partition coefficient (Wildman–Crippen LogP) is 5.34. The maximum atomic E-state index is 14.7. The summed E-state index contributed by atoms with van der Waals surface area (Å²) in [5.74, 6) is -1.32. The Balaban J connectivity index is 1.96. The summed E-state index contributed by atoms with van der Waals surface area (Å²) in [6.45, 7) is 1.81. The SMILES string of the molecule is CC1CNC2CCc3cc(C(F)(C(F)(F)F)C(F)(F)F)ccc3C12S(=O)(=O)c1ccc(F)cc1. The topological polar surface area (TPSA) is 46.2 Å². The molecule has 0 aromatic heterocycles. The fraction of sp³-hybridized carbons (Fsp3) is 0.455. The van der Waals surface area contributed by atoms with Gasteiger partial charge in [-0.3, -0.25) is 0 Å². The van der Waals surface area contributed by atoms with Crippen molar-refractivity contribution in [2.45, 2.75) is 53.5 Å². The summed E-state index contributed by atoms with van der Waals surface area (Å²) in [6, 6.07) is 5.00. The van der Waals surface area contributed by atoms with Crippen LogP contribution in [0, 0.1) is 11.7 Å². The van der Waals surface area contributed by atoms with Gasteiger partial charge in [-0.2, -0.15) is 26.3 Å². The Kier molecular flexibility index (Phi) is 5.60. The van der Waals surface area contributed by atoms with Crippen LogP contribution in [0.1, 0.15) is 30.0 Å². The molecule has 1 aliphatic heterocycles. The molecule has 3 nitrogen and oxygen atoms in total. The third-order valence-electron chi connectivity index (χ3n) is 6.90. The fourth-order valence-corrected chi connectivity index (χ4v) is 7.89. The average Bonchev–Trinajstić information content (AvgIpc) is 3.09. The van der Waals surface area contributed by atoms with Gasteiger partial charge in [-0.25, -0.2) is 17.2 Å². The smallest absolute Gasteiger partial charge is 0.312 e. The van der Waals surface area contributed by atoms with E-state index in [4.69, 9.17) is 0 Å². The monoisotopic (exact) mass is 513 g/mol. The first kappa shape index (κ1) is 24.9. The maximum absolute atomic E-state index is 14.7. The molecule has 2 aliphatic rings. The van der Waals surface area contributed by atoms with Crippen LogP contribution in [-0.2, 0) is 26.7 Å².